The zero-order chi connectivity index (χ0) is 21.1. The van der Waals surface area contributed by atoms with Crippen molar-refractivity contribution in [3.8, 4) is 11.1 Å². The first-order valence-electron chi connectivity index (χ1n) is 10.2. The van der Waals surface area contributed by atoms with E-state index in [4.69, 9.17) is 4.74 Å². The van der Waals surface area contributed by atoms with E-state index in [0.717, 1.165) is 48.4 Å². The molecular weight excluding hydrogens is 382 g/mol. The van der Waals surface area contributed by atoms with Gasteiger partial charge < -0.3 is 15.0 Å². The van der Waals surface area contributed by atoms with Crippen molar-refractivity contribution in [3.05, 3.63) is 58.8 Å². The van der Waals surface area contributed by atoms with Gasteiger partial charge in [0.25, 0.3) is 0 Å². The van der Waals surface area contributed by atoms with E-state index in [1.807, 2.05) is 42.5 Å². The van der Waals surface area contributed by atoms with Crippen LogP contribution in [0.4, 0.5) is 16.2 Å². The van der Waals surface area contributed by atoms with Crippen LogP contribution in [0.25, 0.3) is 11.1 Å². The highest BCUT2D eigenvalue weighted by molar-refractivity contribution is 5.90. The fourth-order valence-electron chi connectivity index (χ4n) is 3.90. The van der Waals surface area contributed by atoms with E-state index < -0.39 is 6.09 Å². The number of nitrogens with one attached hydrogen (secondary N) is 1. The Labute approximate surface area is 175 Å². The number of nitrogens with zero attached hydrogens (tertiary/aromatic N) is 2. The van der Waals surface area contributed by atoms with Gasteiger partial charge in [-0.05, 0) is 48.2 Å². The van der Waals surface area contributed by atoms with Crippen LogP contribution in [-0.4, -0.2) is 44.3 Å². The van der Waals surface area contributed by atoms with E-state index in [-0.39, 0.29) is 17.4 Å². The maximum Gasteiger partial charge on any atom is 0.414 e. The Balaban J connectivity index is 1.50. The number of hydrogen-bond donors (Lipinski definition) is 1. The number of benzene rings is 1. The van der Waals surface area contributed by atoms with Crippen molar-refractivity contribution in [2.75, 3.05) is 36.0 Å². The fraction of sp³-hybridized carbons (Fsp3) is 0.348. The van der Waals surface area contributed by atoms with Crippen LogP contribution in [0, 0.1) is 0 Å². The van der Waals surface area contributed by atoms with Gasteiger partial charge in [-0.3, -0.25) is 14.5 Å². The number of carbonyl (C=O) groups excluding carboxylic acids is 2. The van der Waals surface area contributed by atoms with Crippen LogP contribution in [0.5, 0.6) is 0 Å². The Morgan fingerprint density at radius 3 is 2.30 bits per heavy atom. The largest absolute Gasteiger partial charge is 0.442 e. The molecule has 2 saturated heterocycles. The second-order valence-electron chi connectivity index (χ2n) is 7.67. The SMILES string of the molecule is CC(=O)NCC1CN(c2ccc(-c3ccc(N4CCCC4)c(=O)cc3)cc2)C(=O)O1. The average molecular weight is 407 g/mol. The zero-order valence-corrected chi connectivity index (χ0v) is 17.0. The van der Waals surface area contributed by atoms with Gasteiger partial charge in [0, 0.05) is 25.7 Å². The molecule has 2 fully saturated rings. The van der Waals surface area contributed by atoms with Gasteiger partial charge >= 0.3 is 6.09 Å². The maximum absolute atomic E-state index is 12.5. The average Bonchev–Trinajstić information content (AvgIpc) is 3.35. The maximum atomic E-state index is 12.5. The second kappa shape index (κ2) is 8.57. The number of carbonyl (C=O) groups is 2. The van der Waals surface area contributed by atoms with E-state index in [2.05, 4.69) is 10.2 Å². The summed E-state index contributed by atoms with van der Waals surface area (Å²) in [5.74, 6) is -0.154. The van der Waals surface area contributed by atoms with Crippen LogP contribution in [0.2, 0.25) is 0 Å². The Morgan fingerprint density at radius 2 is 1.63 bits per heavy atom. The third-order valence-corrected chi connectivity index (χ3v) is 5.50. The van der Waals surface area contributed by atoms with Gasteiger partial charge in [0.05, 0.1) is 18.8 Å². The zero-order valence-electron chi connectivity index (χ0n) is 17.0. The molecule has 4 rings (SSSR count). The van der Waals surface area contributed by atoms with E-state index in [1.54, 1.807) is 11.0 Å². The molecule has 1 atom stereocenters. The molecule has 0 aromatic heterocycles. The van der Waals surface area contributed by atoms with Gasteiger partial charge in [0.1, 0.15) is 6.10 Å². The molecule has 2 aromatic rings. The molecular formula is C23H25N3O4. The molecule has 30 heavy (non-hydrogen) atoms. The van der Waals surface area contributed by atoms with E-state index >= 15 is 0 Å². The minimum atomic E-state index is -0.421. The van der Waals surface area contributed by atoms with Gasteiger partial charge in [-0.25, -0.2) is 4.79 Å². The summed E-state index contributed by atoms with van der Waals surface area (Å²) in [5, 5.41) is 2.67. The molecule has 1 unspecified atom stereocenters. The van der Waals surface area contributed by atoms with Crippen LogP contribution < -0.4 is 20.5 Å². The fourth-order valence-corrected chi connectivity index (χ4v) is 3.90. The lowest BCUT2D eigenvalue weighted by Crippen LogP contribution is -2.33. The highest BCUT2D eigenvalue weighted by Crippen LogP contribution is 2.26. The summed E-state index contributed by atoms with van der Waals surface area (Å²) in [6.07, 6.45) is 1.46. The van der Waals surface area contributed by atoms with Crippen molar-refractivity contribution in [1.29, 1.82) is 0 Å². The predicted octanol–water partition coefficient (Wildman–Crippen LogP) is 2.78. The number of amides is 2. The minimum Gasteiger partial charge on any atom is -0.442 e. The smallest absolute Gasteiger partial charge is 0.414 e. The summed E-state index contributed by atoms with van der Waals surface area (Å²) in [7, 11) is 0. The molecule has 0 radical (unpaired) electrons. The van der Waals surface area contributed by atoms with Crippen molar-refractivity contribution < 1.29 is 14.3 Å². The first kappa shape index (κ1) is 19.9. The summed E-state index contributed by atoms with van der Waals surface area (Å²) in [6, 6.07) is 14.9. The van der Waals surface area contributed by atoms with Gasteiger partial charge in [0.15, 0.2) is 0 Å². The number of hydrogen-bond acceptors (Lipinski definition) is 5. The van der Waals surface area contributed by atoms with Crippen molar-refractivity contribution in [2.45, 2.75) is 25.9 Å². The molecule has 2 amide bonds. The molecule has 0 spiro atoms. The third kappa shape index (κ3) is 4.30. The van der Waals surface area contributed by atoms with E-state index in [9.17, 15) is 14.4 Å². The summed E-state index contributed by atoms with van der Waals surface area (Å²) in [5.41, 5.74) is 3.42. The van der Waals surface area contributed by atoms with Crippen molar-refractivity contribution in [1.82, 2.24) is 5.32 Å². The molecule has 1 N–H and O–H groups in total. The summed E-state index contributed by atoms with van der Waals surface area (Å²) in [4.78, 5) is 39.4. The number of ether oxygens (including phenoxy) is 1. The van der Waals surface area contributed by atoms with Crippen molar-refractivity contribution in [2.24, 2.45) is 0 Å². The molecule has 2 aliphatic heterocycles. The molecule has 2 aliphatic rings. The van der Waals surface area contributed by atoms with Gasteiger partial charge in [-0.15, -0.1) is 0 Å². The molecule has 156 valence electrons. The molecule has 2 heterocycles. The number of cyclic esters (lactones) is 1. The lowest BCUT2D eigenvalue weighted by atomic mass is 10.1. The van der Waals surface area contributed by atoms with Crippen LogP contribution in [0.1, 0.15) is 19.8 Å². The predicted molar refractivity (Wildman–Crippen MR) is 116 cm³/mol. The lowest BCUT2D eigenvalue weighted by Gasteiger charge is -2.14. The molecule has 0 bridgehead atoms. The van der Waals surface area contributed by atoms with Gasteiger partial charge in [-0.1, -0.05) is 24.3 Å². The molecule has 7 heteroatoms. The topological polar surface area (TPSA) is 79.0 Å². The van der Waals surface area contributed by atoms with Crippen LogP contribution in [-0.2, 0) is 9.53 Å². The molecule has 0 saturated carbocycles. The highest BCUT2D eigenvalue weighted by atomic mass is 16.6. The molecule has 2 aromatic carbocycles. The standard InChI is InChI=1S/C23H25N3O4/c1-16(27)24-14-20-15-26(23(29)30-20)19-8-4-17(5-9-19)18-6-10-21(22(28)11-7-18)25-12-2-3-13-25/h4-11,20H,2-3,12-15H2,1H3,(H,24,27). The van der Waals surface area contributed by atoms with Crippen LogP contribution >= 0.6 is 0 Å². The summed E-state index contributed by atoms with van der Waals surface area (Å²) < 4.78 is 5.31. The van der Waals surface area contributed by atoms with E-state index in [0.29, 0.717) is 13.1 Å². The minimum absolute atomic E-state index is 0.0322. The van der Waals surface area contributed by atoms with Gasteiger partial charge in [-0.2, -0.15) is 0 Å². The second-order valence-corrected chi connectivity index (χ2v) is 7.67. The Kier molecular flexibility index (Phi) is 5.70. The van der Waals surface area contributed by atoms with Crippen LogP contribution in [0.3, 0.4) is 0 Å². The summed E-state index contributed by atoms with van der Waals surface area (Å²) >= 11 is 0. The number of rotatable bonds is 5. The Morgan fingerprint density at radius 1 is 1.00 bits per heavy atom. The molecule has 0 aliphatic carbocycles. The Bertz CT molecular complexity index is 1000. The lowest BCUT2D eigenvalue weighted by molar-refractivity contribution is -0.119. The number of anilines is 2. The normalized spacial score (nSPS) is 18.4. The van der Waals surface area contributed by atoms with Crippen molar-refractivity contribution in [3.63, 3.8) is 0 Å². The highest BCUT2D eigenvalue weighted by Gasteiger charge is 2.32. The quantitative estimate of drug-likeness (QED) is 0.825. The first-order valence-corrected chi connectivity index (χ1v) is 10.2. The van der Waals surface area contributed by atoms with Gasteiger partial charge in [0.2, 0.25) is 11.3 Å². The molecule has 7 nitrogen and oxygen atoms in total. The van der Waals surface area contributed by atoms with Crippen molar-refractivity contribution >= 4 is 23.4 Å². The van der Waals surface area contributed by atoms with E-state index in [1.165, 1.54) is 6.92 Å². The Hall–Kier alpha value is -3.35. The third-order valence-electron chi connectivity index (χ3n) is 5.50. The first-order chi connectivity index (χ1) is 14.5. The summed E-state index contributed by atoms with van der Waals surface area (Å²) in [6.45, 7) is 3.97. The monoisotopic (exact) mass is 407 g/mol. The van der Waals surface area contributed by atoms with Crippen LogP contribution in [0.15, 0.2) is 53.3 Å².